The van der Waals surface area contributed by atoms with Gasteiger partial charge in [0, 0.05) is 12.1 Å². The van der Waals surface area contributed by atoms with Crippen LogP contribution in [0.15, 0.2) is 89.8 Å². The van der Waals surface area contributed by atoms with Crippen LogP contribution in [0.2, 0.25) is 0 Å². The summed E-state index contributed by atoms with van der Waals surface area (Å²) in [7, 11) is -4.23. The van der Waals surface area contributed by atoms with Gasteiger partial charge in [-0.3, -0.25) is 9.10 Å². The van der Waals surface area contributed by atoms with Crippen LogP contribution in [-0.4, -0.2) is 31.4 Å². The number of fused-ring (bicyclic) bond motifs is 1. The number of amides is 1. The molecule has 0 spiro atoms. The molecular formula is C32H34N2O5S. The summed E-state index contributed by atoms with van der Waals surface area (Å²) in [6.45, 7) is 5.92. The monoisotopic (exact) mass is 558 g/mol. The highest BCUT2D eigenvalue weighted by Gasteiger charge is 2.36. The van der Waals surface area contributed by atoms with Crippen LogP contribution in [0.3, 0.4) is 0 Å². The van der Waals surface area contributed by atoms with Crippen LogP contribution in [0.5, 0.6) is 0 Å². The molecule has 40 heavy (non-hydrogen) atoms. The van der Waals surface area contributed by atoms with E-state index >= 15 is 0 Å². The number of anilines is 1. The van der Waals surface area contributed by atoms with Gasteiger partial charge in [-0.1, -0.05) is 74.4 Å². The molecule has 0 radical (unpaired) electrons. The summed E-state index contributed by atoms with van der Waals surface area (Å²) < 4.78 is 29.2. The van der Waals surface area contributed by atoms with Crippen molar-refractivity contribution in [1.29, 1.82) is 0 Å². The molecule has 0 heterocycles. The standard InChI is InChI=1S/C32H34N2O5S/c1-4-5-14-30(32(36)37)34(40(38,39)27-18-22(2)17-23(3)19-27)26-15-16-28-25(20-26)12-9-13-29(28)31(35)33-21-24-10-7-6-8-11-24/h6-13,15-20,30H,4-5,14,21H2,1-3H3,(H,33,35)(H,36,37). The highest BCUT2D eigenvalue weighted by molar-refractivity contribution is 7.93. The van der Waals surface area contributed by atoms with Crippen molar-refractivity contribution in [2.45, 2.75) is 57.5 Å². The fraction of sp³-hybridized carbons (Fsp3) is 0.250. The van der Waals surface area contributed by atoms with Crippen LogP contribution >= 0.6 is 0 Å². The summed E-state index contributed by atoms with van der Waals surface area (Å²) in [6, 6.07) is 23.4. The zero-order valence-electron chi connectivity index (χ0n) is 22.9. The number of carbonyl (C=O) groups is 2. The Balaban J connectivity index is 1.78. The van der Waals surface area contributed by atoms with Crippen molar-refractivity contribution >= 4 is 38.4 Å². The molecule has 0 aliphatic carbocycles. The van der Waals surface area contributed by atoms with E-state index in [0.29, 0.717) is 29.3 Å². The number of sulfonamides is 1. The van der Waals surface area contributed by atoms with Crippen molar-refractivity contribution in [1.82, 2.24) is 5.32 Å². The van der Waals surface area contributed by atoms with Crippen LogP contribution in [0.25, 0.3) is 10.8 Å². The number of carbonyl (C=O) groups excluding carboxylic acids is 1. The van der Waals surface area contributed by atoms with E-state index in [2.05, 4.69) is 5.32 Å². The molecule has 0 aliphatic rings. The summed E-state index contributed by atoms with van der Waals surface area (Å²) >= 11 is 0. The van der Waals surface area contributed by atoms with Gasteiger partial charge in [0.25, 0.3) is 15.9 Å². The molecule has 4 aromatic carbocycles. The minimum Gasteiger partial charge on any atom is -0.480 e. The summed E-state index contributed by atoms with van der Waals surface area (Å²) in [6.07, 6.45) is 1.44. The van der Waals surface area contributed by atoms with Gasteiger partial charge < -0.3 is 10.4 Å². The number of rotatable bonds is 11. The van der Waals surface area contributed by atoms with Gasteiger partial charge in [-0.05, 0) is 78.1 Å². The fourth-order valence-electron chi connectivity index (χ4n) is 4.90. The van der Waals surface area contributed by atoms with Gasteiger partial charge >= 0.3 is 5.97 Å². The summed E-state index contributed by atoms with van der Waals surface area (Å²) in [5, 5.41) is 14.4. The molecule has 0 fully saturated rings. The normalized spacial score (nSPS) is 12.2. The van der Waals surface area contributed by atoms with E-state index in [0.717, 1.165) is 27.4 Å². The molecule has 7 nitrogen and oxygen atoms in total. The van der Waals surface area contributed by atoms with Gasteiger partial charge in [0.1, 0.15) is 6.04 Å². The summed E-state index contributed by atoms with van der Waals surface area (Å²) in [5.74, 6) is -1.47. The van der Waals surface area contributed by atoms with Crippen LogP contribution in [-0.2, 0) is 21.4 Å². The lowest BCUT2D eigenvalue weighted by Gasteiger charge is -2.31. The second-order valence-corrected chi connectivity index (χ2v) is 11.8. The predicted octanol–water partition coefficient (Wildman–Crippen LogP) is 6.23. The summed E-state index contributed by atoms with van der Waals surface area (Å²) in [4.78, 5) is 25.6. The molecule has 0 aliphatic heterocycles. The Kier molecular flexibility index (Phi) is 8.90. The van der Waals surface area contributed by atoms with E-state index < -0.39 is 22.0 Å². The lowest BCUT2D eigenvalue weighted by Crippen LogP contribution is -2.45. The molecule has 4 rings (SSSR count). The highest BCUT2D eigenvalue weighted by Crippen LogP contribution is 2.32. The molecule has 208 valence electrons. The quantitative estimate of drug-likeness (QED) is 0.227. The van der Waals surface area contributed by atoms with Crippen molar-refractivity contribution < 1.29 is 23.1 Å². The van der Waals surface area contributed by atoms with Crippen molar-refractivity contribution in [3.8, 4) is 0 Å². The molecular weight excluding hydrogens is 524 g/mol. The van der Waals surface area contributed by atoms with Crippen LogP contribution in [0.4, 0.5) is 5.69 Å². The van der Waals surface area contributed by atoms with Crippen molar-refractivity contribution in [2.24, 2.45) is 0 Å². The van der Waals surface area contributed by atoms with Crippen molar-refractivity contribution in [3.05, 3.63) is 107 Å². The largest absolute Gasteiger partial charge is 0.480 e. The highest BCUT2D eigenvalue weighted by atomic mass is 32.2. The number of nitrogens with zero attached hydrogens (tertiary/aromatic N) is 1. The van der Waals surface area contributed by atoms with E-state index in [9.17, 15) is 23.1 Å². The molecule has 8 heteroatoms. The van der Waals surface area contributed by atoms with Gasteiger partial charge in [-0.2, -0.15) is 0 Å². The Morgan fingerprint density at radius 2 is 1.60 bits per heavy atom. The van der Waals surface area contributed by atoms with Gasteiger partial charge in [-0.15, -0.1) is 0 Å². The zero-order chi connectivity index (χ0) is 28.9. The average molecular weight is 559 g/mol. The van der Waals surface area contributed by atoms with Crippen LogP contribution < -0.4 is 9.62 Å². The van der Waals surface area contributed by atoms with Crippen molar-refractivity contribution in [3.63, 3.8) is 0 Å². The van der Waals surface area contributed by atoms with E-state index in [4.69, 9.17) is 0 Å². The first kappa shape index (κ1) is 28.8. The molecule has 4 aromatic rings. The van der Waals surface area contributed by atoms with E-state index in [-0.39, 0.29) is 22.9 Å². The first-order chi connectivity index (χ1) is 19.1. The molecule has 1 amide bonds. The number of aliphatic carboxylic acids is 1. The number of hydrogen-bond acceptors (Lipinski definition) is 4. The van der Waals surface area contributed by atoms with Crippen LogP contribution in [0, 0.1) is 13.8 Å². The van der Waals surface area contributed by atoms with Gasteiger partial charge in [-0.25, -0.2) is 13.2 Å². The molecule has 0 bridgehead atoms. The maximum Gasteiger partial charge on any atom is 0.327 e. The number of unbranched alkanes of at least 4 members (excludes halogenated alkanes) is 1. The Labute approximate surface area is 235 Å². The minimum atomic E-state index is -4.23. The molecule has 1 atom stereocenters. The Morgan fingerprint density at radius 1 is 0.900 bits per heavy atom. The number of benzene rings is 4. The number of nitrogens with one attached hydrogen (secondary N) is 1. The zero-order valence-corrected chi connectivity index (χ0v) is 23.7. The van der Waals surface area contributed by atoms with E-state index in [1.54, 1.807) is 48.5 Å². The van der Waals surface area contributed by atoms with Crippen molar-refractivity contribution in [2.75, 3.05) is 4.31 Å². The molecule has 2 N–H and O–H groups in total. The topological polar surface area (TPSA) is 104 Å². The second kappa shape index (κ2) is 12.3. The lowest BCUT2D eigenvalue weighted by molar-refractivity contribution is -0.138. The number of carboxylic acids is 1. The third-order valence-corrected chi connectivity index (χ3v) is 8.62. The Hall–Kier alpha value is -4.17. The third kappa shape index (κ3) is 6.34. The van der Waals surface area contributed by atoms with Gasteiger partial charge in [0.05, 0.1) is 10.6 Å². The van der Waals surface area contributed by atoms with E-state index in [1.165, 1.54) is 0 Å². The van der Waals surface area contributed by atoms with E-state index in [1.807, 2.05) is 57.2 Å². The van der Waals surface area contributed by atoms with Gasteiger partial charge in [0.15, 0.2) is 0 Å². The Morgan fingerprint density at radius 3 is 2.25 bits per heavy atom. The molecule has 0 saturated heterocycles. The maximum absolute atomic E-state index is 14.1. The van der Waals surface area contributed by atoms with Gasteiger partial charge in [0.2, 0.25) is 0 Å². The fourth-order valence-corrected chi connectivity index (χ4v) is 6.72. The molecule has 1 unspecified atom stereocenters. The molecule has 0 aromatic heterocycles. The SMILES string of the molecule is CCCCC(C(=O)O)N(c1ccc2c(C(=O)NCc3ccccc3)cccc2c1)S(=O)(=O)c1cc(C)cc(C)c1. The maximum atomic E-state index is 14.1. The molecule has 0 saturated carbocycles. The lowest BCUT2D eigenvalue weighted by atomic mass is 10.0. The smallest absolute Gasteiger partial charge is 0.327 e. The second-order valence-electron chi connectivity index (χ2n) is 10.00. The number of hydrogen-bond donors (Lipinski definition) is 2. The number of aryl methyl sites for hydroxylation is 2. The summed E-state index contributed by atoms with van der Waals surface area (Å²) in [5.41, 5.74) is 3.19. The first-order valence-corrected chi connectivity index (χ1v) is 14.8. The third-order valence-electron chi connectivity index (χ3n) is 6.81. The predicted molar refractivity (Wildman–Crippen MR) is 158 cm³/mol. The first-order valence-electron chi connectivity index (χ1n) is 13.3. The number of carboxylic acid groups (broad SMARTS) is 1. The average Bonchev–Trinajstić information content (AvgIpc) is 2.93. The van der Waals surface area contributed by atoms with Crippen LogP contribution in [0.1, 0.15) is 53.2 Å². The Bertz CT molecular complexity index is 1610. The minimum absolute atomic E-state index is 0.0434.